The minimum Gasteiger partial charge on any atom is -0.468 e. The number of halogens is 2. The summed E-state index contributed by atoms with van der Waals surface area (Å²) < 4.78 is 48.7. The van der Waals surface area contributed by atoms with Gasteiger partial charge in [0.15, 0.2) is 11.6 Å². The maximum absolute atomic E-state index is 13.9. The molecule has 4 nitrogen and oxygen atoms in total. The van der Waals surface area contributed by atoms with E-state index in [9.17, 15) is 17.8 Å². The summed E-state index contributed by atoms with van der Waals surface area (Å²) >= 11 is 0. The number of ether oxygens (including phenoxy) is 2. The van der Waals surface area contributed by atoms with Crippen LogP contribution in [0.1, 0.15) is 12.5 Å². The topological polar surface area (TPSA) is 52.6 Å². The van der Waals surface area contributed by atoms with Crippen LogP contribution in [0.2, 0.25) is 0 Å². The molecule has 24 heavy (non-hydrogen) atoms. The van der Waals surface area contributed by atoms with Crippen LogP contribution in [0.5, 0.6) is 5.75 Å². The monoisotopic (exact) mass is 354 g/mol. The van der Waals surface area contributed by atoms with Crippen molar-refractivity contribution >= 4 is 16.8 Å². The van der Waals surface area contributed by atoms with Gasteiger partial charge in [0.25, 0.3) is 0 Å². The highest BCUT2D eigenvalue weighted by molar-refractivity contribution is 7.84. The maximum atomic E-state index is 13.9. The summed E-state index contributed by atoms with van der Waals surface area (Å²) in [6.07, 6.45) is 1.53. The summed E-state index contributed by atoms with van der Waals surface area (Å²) in [5.74, 6) is -2.73. The van der Waals surface area contributed by atoms with E-state index >= 15 is 0 Å². The van der Waals surface area contributed by atoms with E-state index in [1.165, 1.54) is 20.3 Å². The van der Waals surface area contributed by atoms with Crippen molar-refractivity contribution in [3.8, 4) is 5.75 Å². The molecule has 2 aromatic carbocycles. The molecule has 0 aliphatic heterocycles. The lowest BCUT2D eigenvalue weighted by atomic mass is 9.95. The van der Waals surface area contributed by atoms with Gasteiger partial charge in [-0.05, 0) is 31.2 Å². The van der Waals surface area contributed by atoms with E-state index in [0.717, 1.165) is 12.1 Å². The first-order chi connectivity index (χ1) is 11.3. The fourth-order valence-corrected chi connectivity index (χ4v) is 2.68. The molecule has 0 bridgehead atoms. The van der Waals surface area contributed by atoms with Crippen LogP contribution < -0.4 is 4.74 Å². The number of rotatable bonds is 5. The Morgan fingerprint density at radius 3 is 2.25 bits per heavy atom. The van der Waals surface area contributed by atoms with Crippen LogP contribution in [0.25, 0.3) is 0 Å². The number of esters is 1. The minimum absolute atomic E-state index is 0.285. The number of hydrogen-bond donors (Lipinski definition) is 0. The Balaban J connectivity index is 2.46. The second-order valence-electron chi connectivity index (χ2n) is 5.18. The van der Waals surface area contributed by atoms with E-state index in [4.69, 9.17) is 9.47 Å². The van der Waals surface area contributed by atoms with Crippen LogP contribution in [0.3, 0.4) is 0 Å². The summed E-state index contributed by atoms with van der Waals surface area (Å²) in [6.45, 7) is 1.42. The van der Waals surface area contributed by atoms with Crippen molar-refractivity contribution in [3.05, 3.63) is 59.7 Å². The van der Waals surface area contributed by atoms with Crippen LogP contribution in [-0.4, -0.2) is 23.5 Å². The summed E-state index contributed by atoms with van der Waals surface area (Å²) in [4.78, 5) is 12.8. The smallest absolute Gasteiger partial charge is 0.354 e. The molecule has 0 N–H and O–H groups in total. The largest absolute Gasteiger partial charge is 0.468 e. The molecule has 0 spiro atoms. The Hall–Kier alpha value is -2.28. The molecular formula is C17H16F2O4S. The Labute approximate surface area is 140 Å². The molecule has 0 fully saturated rings. The lowest BCUT2D eigenvalue weighted by Gasteiger charge is -2.28. The zero-order valence-corrected chi connectivity index (χ0v) is 14.2. The molecule has 7 heteroatoms. The second kappa shape index (κ2) is 7.09. The average Bonchev–Trinajstić information content (AvgIpc) is 2.56. The summed E-state index contributed by atoms with van der Waals surface area (Å²) in [5, 5.41) is 0. The van der Waals surface area contributed by atoms with Gasteiger partial charge in [0.2, 0.25) is 5.60 Å². The number of carbonyl (C=O) groups is 1. The lowest BCUT2D eigenvalue weighted by Crippen LogP contribution is -2.40. The quantitative estimate of drug-likeness (QED) is 0.774. The van der Waals surface area contributed by atoms with Gasteiger partial charge in [-0.3, -0.25) is 4.21 Å². The third kappa shape index (κ3) is 3.62. The van der Waals surface area contributed by atoms with E-state index < -0.39 is 34.0 Å². The molecule has 0 amide bonds. The predicted molar refractivity (Wildman–Crippen MR) is 85.1 cm³/mol. The molecule has 2 rings (SSSR count). The van der Waals surface area contributed by atoms with E-state index in [1.807, 2.05) is 0 Å². The summed E-state index contributed by atoms with van der Waals surface area (Å²) in [6, 6.07) is 9.05. The third-order valence-corrected chi connectivity index (χ3v) is 4.46. The van der Waals surface area contributed by atoms with Crippen LogP contribution in [0.15, 0.2) is 47.4 Å². The maximum Gasteiger partial charge on any atom is 0.354 e. The van der Waals surface area contributed by atoms with Crippen molar-refractivity contribution in [2.45, 2.75) is 17.4 Å². The first-order valence-electron chi connectivity index (χ1n) is 6.94. The lowest BCUT2D eigenvalue weighted by molar-refractivity contribution is -0.158. The van der Waals surface area contributed by atoms with Crippen molar-refractivity contribution in [2.75, 3.05) is 13.4 Å². The van der Waals surface area contributed by atoms with E-state index in [-0.39, 0.29) is 5.75 Å². The van der Waals surface area contributed by atoms with Gasteiger partial charge in [0.05, 0.1) is 7.11 Å². The van der Waals surface area contributed by atoms with Gasteiger partial charge in [-0.15, -0.1) is 0 Å². The highest BCUT2D eigenvalue weighted by atomic mass is 32.2. The van der Waals surface area contributed by atoms with Crippen LogP contribution in [0, 0.1) is 11.6 Å². The van der Waals surface area contributed by atoms with Gasteiger partial charge in [0, 0.05) is 33.6 Å². The Morgan fingerprint density at radius 2 is 1.75 bits per heavy atom. The first-order valence-corrected chi connectivity index (χ1v) is 8.50. The molecule has 0 saturated heterocycles. The highest BCUT2D eigenvalue weighted by Crippen LogP contribution is 2.31. The average molecular weight is 354 g/mol. The molecule has 0 heterocycles. The zero-order valence-electron chi connectivity index (χ0n) is 13.3. The van der Waals surface area contributed by atoms with Crippen molar-refractivity contribution < 1.29 is 27.3 Å². The number of benzene rings is 2. The fourth-order valence-electron chi connectivity index (χ4n) is 2.16. The van der Waals surface area contributed by atoms with E-state index in [1.54, 1.807) is 24.3 Å². The van der Waals surface area contributed by atoms with E-state index in [0.29, 0.717) is 16.5 Å². The van der Waals surface area contributed by atoms with E-state index in [2.05, 4.69) is 0 Å². The van der Waals surface area contributed by atoms with Gasteiger partial charge in [0.1, 0.15) is 5.82 Å². The number of methoxy groups -OCH3 is 1. The third-order valence-electron chi connectivity index (χ3n) is 3.52. The highest BCUT2D eigenvalue weighted by Gasteiger charge is 2.40. The van der Waals surface area contributed by atoms with Crippen LogP contribution in [-0.2, 0) is 25.9 Å². The molecule has 2 aromatic rings. The number of hydrogen-bond acceptors (Lipinski definition) is 4. The molecule has 0 aliphatic carbocycles. The standard InChI is InChI=1S/C17H16F2O4S/c1-17(16(20)22-2,11-4-7-13(8-5-11)24(3)21)23-15-9-6-12(18)10-14(15)19/h4-10H,1-3H3. The molecule has 0 saturated carbocycles. The summed E-state index contributed by atoms with van der Waals surface area (Å²) in [7, 11) is 0.00159. The zero-order chi connectivity index (χ0) is 17.9. The molecule has 128 valence electrons. The molecule has 2 unspecified atom stereocenters. The first kappa shape index (κ1) is 18.1. The molecule has 0 radical (unpaired) electrons. The predicted octanol–water partition coefficient (Wildman–Crippen LogP) is 3.17. The fraction of sp³-hybridized carbons (Fsp3) is 0.235. The van der Waals surface area contributed by atoms with Gasteiger partial charge < -0.3 is 9.47 Å². The second-order valence-corrected chi connectivity index (χ2v) is 6.56. The minimum atomic E-state index is -1.65. The number of carbonyl (C=O) groups excluding carboxylic acids is 1. The molecule has 0 aromatic heterocycles. The SMILES string of the molecule is COC(=O)C(C)(Oc1ccc(F)cc1F)c1ccc(S(C)=O)cc1. The van der Waals surface area contributed by atoms with Gasteiger partial charge in [-0.2, -0.15) is 0 Å². The van der Waals surface area contributed by atoms with Gasteiger partial charge in [-0.1, -0.05) is 12.1 Å². The summed E-state index contributed by atoms with van der Waals surface area (Å²) in [5.41, 5.74) is -1.27. The van der Waals surface area contributed by atoms with Crippen LogP contribution in [0.4, 0.5) is 8.78 Å². The van der Waals surface area contributed by atoms with Crippen molar-refractivity contribution in [1.82, 2.24) is 0 Å². The van der Waals surface area contributed by atoms with Gasteiger partial charge in [-0.25, -0.2) is 13.6 Å². The molecule has 2 atom stereocenters. The normalized spacial score (nSPS) is 14.5. The molecule has 0 aliphatic rings. The molecular weight excluding hydrogens is 338 g/mol. The van der Waals surface area contributed by atoms with Gasteiger partial charge >= 0.3 is 5.97 Å². The van der Waals surface area contributed by atoms with Crippen molar-refractivity contribution in [3.63, 3.8) is 0 Å². The van der Waals surface area contributed by atoms with Crippen LogP contribution >= 0.6 is 0 Å². The Bertz CT molecular complexity index is 777. The Morgan fingerprint density at radius 1 is 1.12 bits per heavy atom. The van der Waals surface area contributed by atoms with Crippen molar-refractivity contribution in [2.24, 2.45) is 0 Å². The Kier molecular flexibility index (Phi) is 5.33. The van der Waals surface area contributed by atoms with Crippen molar-refractivity contribution in [1.29, 1.82) is 0 Å².